The van der Waals surface area contributed by atoms with Crippen molar-refractivity contribution in [2.75, 3.05) is 0 Å². The van der Waals surface area contributed by atoms with Crippen LogP contribution in [0.4, 0.5) is 4.39 Å². The smallest absolute Gasteiger partial charge is 0.335 e. The zero-order valence-electron chi connectivity index (χ0n) is 20.1. The summed E-state index contributed by atoms with van der Waals surface area (Å²) >= 11 is 0. The fraction of sp³-hybridized carbons (Fsp3) is 0.333. The van der Waals surface area contributed by atoms with E-state index in [1.807, 2.05) is 44.2 Å². The van der Waals surface area contributed by atoms with Crippen LogP contribution < -0.4 is 4.74 Å². The number of hydrogen-bond acceptors (Lipinski definition) is 3. The van der Waals surface area contributed by atoms with Crippen LogP contribution in [-0.4, -0.2) is 16.9 Å². The zero-order chi connectivity index (χ0) is 24.7. The van der Waals surface area contributed by atoms with Gasteiger partial charge in [0, 0.05) is 11.5 Å². The van der Waals surface area contributed by atoms with E-state index in [1.54, 1.807) is 0 Å². The van der Waals surface area contributed by atoms with E-state index in [0.717, 1.165) is 64.5 Å². The van der Waals surface area contributed by atoms with Crippen molar-refractivity contribution in [1.82, 2.24) is 0 Å². The second kappa shape index (κ2) is 9.29. The van der Waals surface area contributed by atoms with Crippen LogP contribution in [0, 0.1) is 31.5 Å². The molecule has 0 saturated heterocycles. The van der Waals surface area contributed by atoms with E-state index in [1.165, 1.54) is 25.0 Å². The van der Waals surface area contributed by atoms with Crippen LogP contribution in [0.2, 0.25) is 0 Å². The summed E-state index contributed by atoms with van der Waals surface area (Å²) in [4.78, 5) is 24.5. The van der Waals surface area contributed by atoms with E-state index in [2.05, 4.69) is 0 Å². The van der Waals surface area contributed by atoms with Gasteiger partial charge in [0.25, 0.3) is 0 Å². The van der Waals surface area contributed by atoms with Crippen LogP contribution in [-0.2, 0) is 13.0 Å². The molecular formula is C30H29FO4. The summed E-state index contributed by atoms with van der Waals surface area (Å²) in [5.74, 6) is -0.0451. The van der Waals surface area contributed by atoms with E-state index >= 15 is 0 Å². The lowest BCUT2D eigenvalue weighted by Gasteiger charge is -2.16. The molecule has 35 heavy (non-hydrogen) atoms. The fourth-order valence-corrected chi connectivity index (χ4v) is 5.74. The number of ketones is 1. The Morgan fingerprint density at radius 3 is 2.54 bits per heavy atom. The Balaban J connectivity index is 1.37. The number of rotatable bonds is 6. The summed E-state index contributed by atoms with van der Waals surface area (Å²) < 4.78 is 20.2. The third kappa shape index (κ3) is 4.47. The van der Waals surface area contributed by atoms with Crippen LogP contribution in [0.15, 0.2) is 48.5 Å². The highest BCUT2D eigenvalue weighted by molar-refractivity contribution is 6.04. The van der Waals surface area contributed by atoms with E-state index in [0.29, 0.717) is 23.9 Å². The van der Waals surface area contributed by atoms with Crippen molar-refractivity contribution in [3.63, 3.8) is 0 Å². The molecule has 0 radical (unpaired) electrons. The average Bonchev–Trinajstić information content (AvgIpc) is 3.48. The monoisotopic (exact) mass is 472 g/mol. The van der Waals surface area contributed by atoms with Crippen LogP contribution in [0.3, 0.4) is 0 Å². The number of Topliss-reactive ketones (excluding diaryl/α,β-unsaturated/α-hetero) is 1. The molecule has 0 aliphatic heterocycles. The van der Waals surface area contributed by atoms with Gasteiger partial charge in [-0.25, -0.2) is 9.18 Å². The molecule has 2 aliphatic carbocycles. The Labute approximate surface area is 204 Å². The van der Waals surface area contributed by atoms with E-state index in [9.17, 15) is 19.1 Å². The third-order valence-electron chi connectivity index (χ3n) is 7.72. The van der Waals surface area contributed by atoms with Gasteiger partial charge < -0.3 is 9.84 Å². The lowest BCUT2D eigenvalue weighted by Crippen LogP contribution is -2.18. The third-order valence-corrected chi connectivity index (χ3v) is 7.72. The molecule has 1 N–H and O–H groups in total. The Hall–Kier alpha value is -3.47. The fourth-order valence-electron chi connectivity index (χ4n) is 5.74. The molecule has 5 heteroatoms. The maximum absolute atomic E-state index is 14.0. The first-order chi connectivity index (χ1) is 16.8. The minimum atomic E-state index is -1.17. The number of carbonyl (C=O) groups is 2. The van der Waals surface area contributed by atoms with Crippen molar-refractivity contribution in [2.45, 2.75) is 52.6 Å². The maximum Gasteiger partial charge on any atom is 0.335 e. The summed E-state index contributed by atoms with van der Waals surface area (Å²) in [6.07, 6.45) is 5.56. The van der Waals surface area contributed by atoms with Crippen LogP contribution in [0.5, 0.6) is 5.75 Å². The minimum Gasteiger partial charge on any atom is -0.489 e. The van der Waals surface area contributed by atoms with Crippen molar-refractivity contribution < 1.29 is 23.8 Å². The topological polar surface area (TPSA) is 63.6 Å². The van der Waals surface area contributed by atoms with Crippen LogP contribution >= 0.6 is 0 Å². The molecular weight excluding hydrogens is 443 g/mol. The van der Waals surface area contributed by atoms with Crippen molar-refractivity contribution in [2.24, 2.45) is 11.8 Å². The molecule has 3 aromatic rings. The summed E-state index contributed by atoms with van der Waals surface area (Å²) in [6.45, 7) is 4.33. The normalized spacial score (nSPS) is 17.6. The van der Waals surface area contributed by atoms with Crippen molar-refractivity contribution in [1.29, 1.82) is 0 Å². The lowest BCUT2D eigenvalue weighted by molar-refractivity contribution is 0.0696. The Bertz CT molecular complexity index is 1320. The SMILES string of the molecule is Cc1c(OCc2cccc(-c3cc(F)cc(C(=O)O)c3)c2)cc2c(c1C)C(=O)C(C1CCCC1)C2. The van der Waals surface area contributed by atoms with Gasteiger partial charge >= 0.3 is 5.97 Å². The number of hydrogen-bond donors (Lipinski definition) is 1. The molecule has 1 saturated carbocycles. The van der Waals surface area contributed by atoms with Crippen LogP contribution in [0.25, 0.3) is 11.1 Å². The molecule has 2 aliphatic rings. The number of carbonyl (C=O) groups excluding carboxylic acids is 1. The number of carboxylic acid groups (broad SMARTS) is 1. The summed E-state index contributed by atoms with van der Waals surface area (Å²) in [5, 5.41) is 9.25. The van der Waals surface area contributed by atoms with Gasteiger partial charge in [-0.05, 0) is 103 Å². The largest absolute Gasteiger partial charge is 0.489 e. The maximum atomic E-state index is 14.0. The second-order valence-corrected chi connectivity index (χ2v) is 9.90. The highest BCUT2D eigenvalue weighted by atomic mass is 19.1. The molecule has 180 valence electrons. The molecule has 0 spiro atoms. The minimum absolute atomic E-state index is 0.0867. The van der Waals surface area contributed by atoms with Crippen molar-refractivity contribution in [3.05, 3.63) is 87.7 Å². The molecule has 4 nitrogen and oxygen atoms in total. The molecule has 1 atom stereocenters. The van der Waals surface area contributed by atoms with Gasteiger partial charge in [0.1, 0.15) is 18.2 Å². The molecule has 0 aromatic heterocycles. The quantitative estimate of drug-likeness (QED) is 0.422. The average molecular weight is 473 g/mol. The molecule has 0 heterocycles. The Kier molecular flexibility index (Phi) is 6.18. The number of carboxylic acids is 1. The predicted octanol–water partition coefficient (Wildman–Crippen LogP) is 6.93. The molecule has 0 amide bonds. The first-order valence-corrected chi connectivity index (χ1v) is 12.2. The number of halogens is 1. The standard InChI is InChI=1S/C30H29FO4/c1-17-18(2)28-23(14-26(29(28)32)20-7-3-4-8-20)15-27(17)35-16-19-6-5-9-21(10-19)22-11-24(30(33)34)13-25(31)12-22/h5-6,9-13,15,20,26H,3-4,7-8,14,16H2,1-2H3,(H,33,34). The van der Waals surface area contributed by atoms with Gasteiger partial charge in [0.05, 0.1) is 5.56 Å². The predicted molar refractivity (Wildman–Crippen MR) is 133 cm³/mol. The summed E-state index contributed by atoms with van der Waals surface area (Å²) in [7, 11) is 0. The van der Waals surface area contributed by atoms with Crippen molar-refractivity contribution >= 4 is 11.8 Å². The van der Waals surface area contributed by atoms with Crippen LogP contribution in [0.1, 0.15) is 68.7 Å². The van der Waals surface area contributed by atoms with E-state index in [4.69, 9.17) is 4.74 Å². The molecule has 0 bridgehead atoms. The second-order valence-electron chi connectivity index (χ2n) is 9.90. The van der Waals surface area contributed by atoms with Gasteiger partial charge in [-0.1, -0.05) is 31.0 Å². The molecule has 1 fully saturated rings. The Morgan fingerprint density at radius 2 is 1.80 bits per heavy atom. The van der Waals surface area contributed by atoms with Gasteiger partial charge in [0.15, 0.2) is 5.78 Å². The van der Waals surface area contributed by atoms with Gasteiger partial charge in [0.2, 0.25) is 0 Å². The Morgan fingerprint density at radius 1 is 1.03 bits per heavy atom. The molecule has 5 rings (SSSR count). The number of fused-ring (bicyclic) bond motifs is 1. The number of benzene rings is 3. The first kappa shape index (κ1) is 23.3. The highest BCUT2D eigenvalue weighted by Crippen LogP contribution is 2.43. The number of aromatic carboxylic acids is 1. The van der Waals surface area contributed by atoms with E-state index in [-0.39, 0.29) is 11.5 Å². The van der Waals surface area contributed by atoms with Gasteiger partial charge in [-0.3, -0.25) is 4.79 Å². The highest BCUT2D eigenvalue weighted by Gasteiger charge is 2.39. The first-order valence-electron chi connectivity index (χ1n) is 12.2. The summed E-state index contributed by atoms with van der Waals surface area (Å²) in [6, 6.07) is 13.3. The zero-order valence-corrected chi connectivity index (χ0v) is 20.1. The summed E-state index contributed by atoms with van der Waals surface area (Å²) in [5.41, 5.74) is 6.02. The lowest BCUT2D eigenvalue weighted by atomic mass is 9.87. The molecule has 3 aromatic carbocycles. The molecule has 1 unspecified atom stereocenters. The van der Waals surface area contributed by atoms with E-state index < -0.39 is 11.8 Å². The number of ether oxygens (including phenoxy) is 1. The van der Waals surface area contributed by atoms with Gasteiger partial charge in [-0.2, -0.15) is 0 Å². The van der Waals surface area contributed by atoms with Crippen molar-refractivity contribution in [3.8, 4) is 16.9 Å². The van der Waals surface area contributed by atoms with Gasteiger partial charge in [-0.15, -0.1) is 0 Å².